The molecule has 0 heterocycles. The topological polar surface area (TPSA) is 96.9 Å². The molecule has 0 radical (unpaired) electrons. The number of methoxy groups -OCH3 is 3. The van der Waals surface area contributed by atoms with Gasteiger partial charge in [-0.2, -0.15) is 0 Å². The molecule has 0 spiro atoms. The van der Waals surface area contributed by atoms with Gasteiger partial charge in [0.15, 0.2) is 0 Å². The van der Waals surface area contributed by atoms with E-state index in [1.807, 2.05) is 0 Å². The number of rotatable bonds is 12. The van der Waals surface area contributed by atoms with Crippen LogP contribution in [-0.2, 0) is 14.2 Å². The first-order valence-corrected chi connectivity index (χ1v) is 10.5. The summed E-state index contributed by atoms with van der Waals surface area (Å²) in [5.74, 6) is 0. The molecule has 0 aromatic rings. The summed E-state index contributed by atoms with van der Waals surface area (Å²) in [5, 5.41) is 28.2. The quantitative estimate of drug-likeness (QED) is 0.301. The van der Waals surface area contributed by atoms with Crippen LogP contribution in [0.25, 0.3) is 0 Å². The van der Waals surface area contributed by atoms with Crippen LogP contribution in [0.3, 0.4) is 0 Å². The van der Waals surface area contributed by atoms with Crippen molar-refractivity contribution < 1.29 is 29.5 Å². The van der Waals surface area contributed by atoms with E-state index in [-0.39, 0.29) is 19.8 Å². The summed E-state index contributed by atoms with van der Waals surface area (Å²) in [4.78, 5) is 0. The maximum absolute atomic E-state index is 9.40. The van der Waals surface area contributed by atoms with Gasteiger partial charge < -0.3 is 29.5 Å². The molecule has 6 nitrogen and oxygen atoms in total. The van der Waals surface area contributed by atoms with Crippen molar-refractivity contribution in [3.63, 3.8) is 0 Å². The first kappa shape index (κ1) is 32.2. The summed E-state index contributed by atoms with van der Waals surface area (Å²) in [7, 11) is 4.54. The standard InChI is InChI=1S/C8H17.3C3H7O2.Sn/c1-3-5-7-8-6-4-2;3*1-5-3-2-4;/h1,3-8H2,2H3;3*2-3H2,1H3;/q;3*-1;+3. The normalized spacial score (nSPS) is 9.04. The van der Waals surface area contributed by atoms with Crippen molar-refractivity contribution >= 4 is 22.5 Å². The van der Waals surface area contributed by atoms with Crippen molar-refractivity contribution in [2.75, 3.05) is 61.0 Å². The van der Waals surface area contributed by atoms with Crippen LogP contribution in [-0.4, -0.2) is 83.5 Å². The summed E-state index contributed by atoms with van der Waals surface area (Å²) < 4.78 is 14.6. The second-order valence-corrected chi connectivity index (χ2v) is 6.04. The van der Waals surface area contributed by atoms with Gasteiger partial charge in [0, 0.05) is 41.2 Å². The molecule has 0 aliphatic carbocycles. The van der Waals surface area contributed by atoms with Crippen molar-refractivity contribution in [2.24, 2.45) is 0 Å². The average Bonchev–Trinajstić information content (AvgIpc) is 2.59. The van der Waals surface area contributed by atoms with E-state index in [0.717, 1.165) is 0 Å². The van der Waals surface area contributed by atoms with Gasteiger partial charge >= 0.3 is 72.4 Å². The Morgan fingerprint density at radius 2 is 0.958 bits per heavy atom. The number of unbranched alkanes of at least 4 members (excludes halogenated alkanes) is 5. The molecule has 0 rings (SSSR count). The van der Waals surface area contributed by atoms with E-state index in [1.54, 1.807) is 22.5 Å². The third-order valence-electron chi connectivity index (χ3n) is 2.39. The maximum atomic E-state index is 9.40. The molecule has 0 unspecified atom stereocenters. The predicted molar refractivity (Wildman–Crippen MR) is 94.2 cm³/mol. The average molecular weight is 457 g/mol. The predicted octanol–water partition coefficient (Wildman–Crippen LogP) is -0.0870. The second kappa shape index (κ2) is 43.7. The van der Waals surface area contributed by atoms with Crippen molar-refractivity contribution in [3.05, 3.63) is 0 Å². The molecule has 0 bridgehead atoms. The Kier molecular flexibility index (Phi) is 58.8. The molecule has 0 saturated heterocycles. The van der Waals surface area contributed by atoms with Crippen LogP contribution in [0.2, 0.25) is 4.44 Å². The Hall–Kier alpha value is 0.559. The summed E-state index contributed by atoms with van der Waals surface area (Å²) in [6.07, 6.45) is 8.71. The van der Waals surface area contributed by atoms with Crippen LogP contribution >= 0.6 is 0 Å². The van der Waals surface area contributed by atoms with Crippen molar-refractivity contribution in [1.29, 1.82) is 0 Å². The van der Waals surface area contributed by atoms with Crippen LogP contribution < -0.4 is 15.3 Å². The number of hydrogen-bond donors (Lipinski definition) is 0. The maximum Gasteiger partial charge on any atom is 0.0354 e. The summed E-state index contributed by atoms with van der Waals surface area (Å²) in [6.45, 7) is 2.88. The Morgan fingerprint density at radius 3 is 1.17 bits per heavy atom. The van der Waals surface area contributed by atoms with Crippen LogP contribution in [0.1, 0.15) is 45.4 Å². The smallest absolute Gasteiger partial charge is 0.0354 e. The van der Waals surface area contributed by atoms with E-state index < -0.39 is 0 Å². The summed E-state index contributed by atoms with van der Waals surface area (Å²) in [5.41, 5.74) is 0. The van der Waals surface area contributed by atoms with Gasteiger partial charge in [0.2, 0.25) is 0 Å². The Labute approximate surface area is 163 Å². The van der Waals surface area contributed by atoms with E-state index >= 15 is 0 Å². The first-order valence-electron chi connectivity index (χ1n) is 8.52. The molecule has 0 atom stereocenters. The van der Waals surface area contributed by atoms with Gasteiger partial charge in [-0.1, -0.05) is 0 Å². The largest absolute Gasteiger partial charge is 0.853 e. The zero-order chi connectivity index (χ0) is 19.3. The molecular formula is C17H38O6Sn. The van der Waals surface area contributed by atoms with Crippen molar-refractivity contribution in [3.8, 4) is 0 Å². The number of ether oxygens (including phenoxy) is 3. The molecule has 0 N–H and O–H groups in total. The van der Waals surface area contributed by atoms with Gasteiger partial charge in [-0.25, -0.2) is 0 Å². The van der Waals surface area contributed by atoms with Crippen LogP contribution in [0.4, 0.5) is 0 Å². The third kappa shape index (κ3) is 66.5. The van der Waals surface area contributed by atoms with Gasteiger partial charge in [0.1, 0.15) is 0 Å². The van der Waals surface area contributed by atoms with E-state index in [0.29, 0.717) is 19.8 Å². The summed E-state index contributed by atoms with van der Waals surface area (Å²) >= 11 is 1.71. The monoisotopic (exact) mass is 458 g/mol. The third-order valence-corrected chi connectivity index (χ3v) is 3.40. The van der Waals surface area contributed by atoms with Crippen molar-refractivity contribution in [2.45, 2.75) is 49.9 Å². The first-order chi connectivity index (χ1) is 11.7. The molecule has 0 aromatic heterocycles. The Morgan fingerprint density at radius 1 is 0.625 bits per heavy atom. The molecule has 0 fully saturated rings. The minimum atomic E-state index is -0.128. The summed E-state index contributed by atoms with van der Waals surface area (Å²) in [6, 6.07) is 0. The van der Waals surface area contributed by atoms with Gasteiger partial charge in [-0.05, 0) is 0 Å². The SMILES string of the molecule is CCCCCCC[CH2][Sn+3].COCC[O-].COCC[O-].COCC[O-]. The van der Waals surface area contributed by atoms with Gasteiger partial charge in [-0.15, -0.1) is 19.8 Å². The van der Waals surface area contributed by atoms with E-state index in [4.69, 9.17) is 0 Å². The van der Waals surface area contributed by atoms with Crippen LogP contribution in [0.15, 0.2) is 0 Å². The second-order valence-electron chi connectivity index (χ2n) is 4.61. The van der Waals surface area contributed by atoms with Crippen LogP contribution in [0, 0.1) is 0 Å². The molecule has 7 heteroatoms. The number of hydrogen-bond acceptors (Lipinski definition) is 6. The van der Waals surface area contributed by atoms with E-state index in [9.17, 15) is 15.3 Å². The van der Waals surface area contributed by atoms with Gasteiger partial charge in [0.25, 0.3) is 0 Å². The molecule has 146 valence electrons. The fraction of sp³-hybridized carbons (Fsp3) is 1.00. The molecule has 0 aliphatic rings. The molecule has 0 saturated carbocycles. The van der Waals surface area contributed by atoms with Crippen molar-refractivity contribution in [1.82, 2.24) is 0 Å². The molecule has 0 aliphatic heterocycles. The fourth-order valence-corrected chi connectivity index (χ4v) is 1.87. The van der Waals surface area contributed by atoms with Gasteiger partial charge in [-0.3, -0.25) is 0 Å². The minimum absolute atomic E-state index is 0.128. The minimum Gasteiger partial charge on any atom is -0.853 e. The fourth-order valence-electron chi connectivity index (χ4n) is 1.16. The molecular weight excluding hydrogens is 419 g/mol. The van der Waals surface area contributed by atoms with Crippen LogP contribution in [0.5, 0.6) is 0 Å². The Balaban J connectivity index is -0.000000116. The Bertz CT molecular complexity index is 127. The molecule has 24 heavy (non-hydrogen) atoms. The zero-order valence-corrected chi connectivity index (χ0v) is 19.0. The zero-order valence-electron chi connectivity index (χ0n) is 16.1. The molecule has 0 aromatic carbocycles. The van der Waals surface area contributed by atoms with Gasteiger partial charge in [0.05, 0.1) is 0 Å². The molecule has 0 amide bonds. The van der Waals surface area contributed by atoms with E-state index in [2.05, 4.69) is 21.1 Å². The van der Waals surface area contributed by atoms with E-state index in [1.165, 1.54) is 64.3 Å².